The standard InChI is InChI=1S/C21H23NO3S/c1-14-7-8-16-12-22(15(2)10-17(16)9-14)21(23)11-18-13-26(24,25)20-6-4-3-5-19(18)20/h3-9,15,18H,10-13H2,1-2H3. The highest BCUT2D eigenvalue weighted by molar-refractivity contribution is 7.91. The number of nitrogens with zero attached hydrogens (tertiary/aromatic N) is 1. The van der Waals surface area contributed by atoms with Gasteiger partial charge in [0.15, 0.2) is 9.84 Å². The Bertz CT molecular complexity index is 981. The van der Waals surface area contributed by atoms with E-state index in [2.05, 4.69) is 32.0 Å². The van der Waals surface area contributed by atoms with E-state index >= 15 is 0 Å². The summed E-state index contributed by atoms with van der Waals surface area (Å²) in [6.07, 6.45) is 1.10. The number of rotatable bonds is 2. The third-order valence-corrected chi connectivity index (χ3v) is 7.49. The fraction of sp³-hybridized carbons (Fsp3) is 0.381. The summed E-state index contributed by atoms with van der Waals surface area (Å²) in [4.78, 5) is 15.3. The Kier molecular flexibility index (Phi) is 4.14. The van der Waals surface area contributed by atoms with Crippen LogP contribution in [0.25, 0.3) is 0 Å². The van der Waals surface area contributed by atoms with E-state index in [0.717, 1.165) is 12.0 Å². The van der Waals surface area contributed by atoms with Crippen molar-refractivity contribution < 1.29 is 13.2 Å². The third kappa shape index (κ3) is 2.94. The smallest absolute Gasteiger partial charge is 0.223 e. The van der Waals surface area contributed by atoms with E-state index in [0.29, 0.717) is 11.4 Å². The molecule has 0 spiro atoms. The molecule has 1 amide bonds. The first-order valence-electron chi connectivity index (χ1n) is 9.05. The second-order valence-electron chi connectivity index (χ2n) is 7.57. The van der Waals surface area contributed by atoms with Crippen molar-refractivity contribution in [2.75, 3.05) is 5.75 Å². The molecule has 4 rings (SSSR count). The maximum absolute atomic E-state index is 13.0. The SMILES string of the molecule is Cc1ccc2c(c1)CC(C)N(C(=O)CC1CS(=O)(=O)c3ccccc31)C2. The molecule has 26 heavy (non-hydrogen) atoms. The van der Waals surface area contributed by atoms with Gasteiger partial charge < -0.3 is 4.90 Å². The van der Waals surface area contributed by atoms with Crippen LogP contribution in [0.3, 0.4) is 0 Å². The van der Waals surface area contributed by atoms with Crippen LogP contribution in [-0.2, 0) is 27.6 Å². The van der Waals surface area contributed by atoms with Crippen LogP contribution in [0.5, 0.6) is 0 Å². The average molecular weight is 369 g/mol. The summed E-state index contributed by atoms with van der Waals surface area (Å²) < 4.78 is 24.7. The topological polar surface area (TPSA) is 54.5 Å². The average Bonchev–Trinajstić information content (AvgIpc) is 2.85. The number of sulfone groups is 1. The van der Waals surface area contributed by atoms with Crippen LogP contribution in [0.2, 0.25) is 0 Å². The highest BCUT2D eigenvalue weighted by Gasteiger charge is 2.37. The summed E-state index contributed by atoms with van der Waals surface area (Å²) in [6.45, 7) is 4.76. The molecule has 4 nitrogen and oxygen atoms in total. The molecule has 0 saturated heterocycles. The summed E-state index contributed by atoms with van der Waals surface area (Å²) in [7, 11) is -3.27. The van der Waals surface area contributed by atoms with Gasteiger partial charge in [-0.1, -0.05) is 42.0 Å². The second-order valence-corrected chi connectivity index (χ2v) is 9.57. The maximum atomic E-state index is 13.0. The Balaban J connectivity index is 1.55. The van der Waals surface area contributed by atoms with Crippen molar-refractivity contribution in [3.63, 3.8) is 0 Å². The van der Waals surface area contributed by atoms with Crippen molar-refractivity contribution in [2.24, 2.45) is 0 Å². The molecule has 0 N–H and O–H groups in total. The van der Waals surface area contributed by atoms with E-state index in [4.69, 9.17) is 0 Å². The highest BCUT2D eigenvalue weighted by atomic mass is 32.2. The van der Waals surface area contributed by atoms with Crippen molar-refractivity contribution in [3.8, 4) is 0 Å². The lowest BCUT2D eigenvalue weighted by atomic mass is 9.91. The fourth-order valence-electron chi connectivity index (χ4n) is 4.24. The third-order valence-electron chi connectivity index (χ3n) is 5.61. The molecular weight excluding hydrogens is 346 g/mol. The fourth-order valence-corrected chi connectivity index (χ4v) is 6.13. The molecule has 2 aliphatic rings. The second kappa shape index (κ2) is 6.23. The van der Waals surface area contributed by atoms with Crippen molar-refractivity contribution in [1.82, 2.24) is 4.90 Å². The van der Waals surface area contributed by atoms with Crippen molar-refractivity contribution in [3.05, 3.63) is 64.7 Å². The van der Waals surface area contributed by atoms with Crippen LogP contribution < -0.4 is 0 Å². The molecular formula is C21H23NO3S. The van der Waals surface area contributed by atoms with Crippen molar-refractivity contribution in [2.45, 2.75) is 50.1 Å². The molecule has 0 saturated carbocycles. The lowest BCUT2D eigenvalue weighted by molar-refractivity contribution is -0.134. The molecule has 0 radical (unpaired) electrons. The zero-order valence-corrected chi connectivity index (χ0v) is 15.9. The minimum Gasteiger partial charge on any atom is -0.335 e. The lowest BCUT2D eigenvalue weighted by Crippen LogP contribution is -2.43. The summed E-state index contributed by atoms with van der Waals surface area (Å²) >= 11 is 0. The number of benzene rings is 2. The van der Waals surface area contributed by atoms with Crippen LogP contribution in [0.15, 0.2) is 47.4 Å². The van der Waals surface area contributed by atoms with Gasteiger partial charge in [0, 0.05) is 24.9 Å². The molecule has 2 aromatic rings. The molecule has 2 unspecified atom stereocenters. The molecule has 0 aliphatic carbocycles. The van der Waals surface area contributed by atoms with Crippen LogP contribution in [-0.4, -0.2) is 31.0 Å². The predicted octanol–water partition coefficient (Wildman–Crippen LogP) is 3.23. The number of hydrogen-bond acceptors (Lipinski definition) is 3. The molecule has 5 heteroatoms. The van der Waals surface area contributed by atoms with E-state index in [1.807, 2.05) is 17.0 Å². The molecule has 2 aliphatic heterocycles. The number of aryl methyl sites for hydroxylation is 1. The molecule has 136 valence electrons. The summed E-state index contributed by atoms with van der Waals surface area (Å²) in [6, 6.07) is 13.6. The summed E-state index contributed by atoms with van der Waals surface area (Å²) in [5, 5.41) is 0. The van der Waals surface area contributed by atoms with Gasteiger partial charge in [0.2, 0.25) is 5.91 Å². The highest BCUT2D eigenvalue weighted by Crippen LogP contribution is 2.37. The zero-order chi connectivity index (χ0) is 18.5. The number of fused-ring (bicyclic) bond motifs is 2. The normalized spacial score (nSPS) is 23.4. The van der Waals surface area contributed by atoms with E-state index in [-0.39, 0.29) is 30.0 Å². The van der Waals surface area contributed by atoms with Crippen LogP contribution >= 0.6 is 0 Å². The predicted molar refractivity (Wildman–Crippen MR) is 101 cm³/mol. The zero-order valence-electron chi connectivity index (χ0n) is 15.1. The van der Waals surface area contributed by atoms with Gasteiger partial charge in [-0.3, -0.25) is 4.79 Å². The minimum atomic E-state index is -3.27. The van der Waals surface area contributed by atoms with E-state index in [1.165, 1.54) is 16.7 Å². The van der Waals surface area contributed by atoms with Gasteiger partial charge in [-0.25, -0.2) is 8.42 Å². The van der Waals surface area contributed by atoms with Gasteiger partial charge in [-0.15, -0.1) is 0 Å². The largest absolute Gasteiger partial charge is 0.335 e. The number of hydrogen-bond donors (Lipinski definition) is 0. The Morgan fingerprint density at radius 1 is 1.15 bits per heavy atom. The monoisotopic (exact) mass is 369 g/mol. The number of carbonyl (C=O) groups excluding carboxylic acids is 1. The van der Waals surface area contributed by atoms with E-state index in [1.54, 1.807) is 12.1 Å². The van der Waals surface area contributed by atoms with Crippen LogP contribution in [0.4, 0.5) is 0 Å². The van der Waals surface area contributed by atoms with Gasteiger partial charge in [-0.2, -0.15) is 0 Å². The molecule has 0 aromatic heterocycles. The quantitative estimate of drug-likeness (QED) is 0.817. The van der Waals surface area contributed by atoms with Crippen molar-refractivity contribution in [1.29, 1.82) is 0 Å². The van der Waals surface area contributed by atoms with Crippen LogP contribution in [0, 0.1) is 6.92 Å². The van der Waals surface area contributed by atoms with Gasteiger partial charge in [0.1, 0.15) is 0 Å². The Morgan fingerprint density at radius 2 is 1.92 bits per heavy atom. The van der Waals surface area contributed by atoms with Gasteiger partial charge in [0.05, 0.1) is 10.6 Å². The Hall–Kier alpha value is -2.14. The molecule has 0 bridgehead atoms. The number of amides is 1. The minimum absolute atomic E-state index is 0.0378. The first-order chi connectivity index (χ1) is 12.3. The van der Waals surface area contributed by atoms with Crippen LogP contribution in [0.1, 0.15) is 41.5 Å². The molecule has 2 aromatic carbocycles. The maximum Gasteiger partial charge on any atom is 0.223 e. The Labute approximate surface area is 154 Å². The lowest BCUT2D eigenvalue weighted by Gasteiger charge is -2.35. The molecule has 0 fully saturated rings. The molecule has 2 heterocycles. The van der Waals surface area contributed by atoms with Gasteiger partial charge >= 0.3 is 0 Å². The first-order valence-corrected chi connectivity index (χ1v) is 10.7. The van der Waals surface area contributed by atoms with Gasteiger partial charge in [0.25, 0.3) is 0 Å². The van der Waals surface area contributed by atoms with Gasteiger partial charge in [-0.05, 0) is 43.0 Å². The Morgan fingerprint density at radius 3 is 2.73 bits per heavy atom. The van der Waals surface area contributed by atoms with E-state index < -0.39 is 9.84 Å². The van der Waals surface area contributed by atoms with E-state index in [9.17, 15) is 13.2 Å². The number of carbonyl (C=O) groups is 1. The van der Waals surface area contributed by atoms with Crippen molar-refractivity contribution >= 4 is 15.7 Å². The first kappa shape index (κ1) is 17.3. The molecule has 2 atom stereocenters. The summed E-state index contributed by atoms with van der Waals surface area (Å²) in [5.41, 5.74) is 4.54. The summed E-state index contributed by atoms with van der Waals surface area (Å²) in [5.74, 6) is -0.160.